The predicted octanol–water partition coefficient (Wildman–Crippen LogP) is 4.37. The van der Waals surface area contributed by atoms with E-state index >= 15 is 0 Å². The lowest BCUT2D eigenvalue weighted by atomic mass is 10.1. The standard InChI is InChI=1S/C20H17NO3/c1-2-23-16-12-10-15(11-13-16)20(22)24-19-9-4-3-7-17(19)18-8-5-6-14-21-18/h3-14H,2H2,1H3. The first-order valence-electron chi connectivity index (χ1n) is 7.73. The van der Waals surface area contributed by atoms with Gasteiger partial charge in [0.15, 0.2) is 0 Å². The summed E-state index contributed by atoms with van der Waals surface area (Å²) in [7, 11) is 0. The Labute approximate surface area is 140 Å². The quantitative estimate of drug-likeness (QED) is 0.517. The van der Waals surface area contributed by atoms with Gasteiger partial charge in [-0.2, -0.15) is 0 Å². The maximum absolute atomic E-state index is 12.4. The van der Waals surface area contributed by atoms with Crippen molar-refractivity contribution in [1.29, 1.82) is 0 Å². The highest BCUT2D eigenvalue weighted by Crippen LogP contribution is 2.28. The van der Waals surface area contributed by atoms with Gasteiger partial charge in [0, 0.05) is 11.8 Å². The number of rotatable bonds is 5. The van der Waals surface area contributed by atoms with E-state index in [1.54, 1.807) is 36.5 Å². The van der Waals surface area contributed by atoms with Gasteiger partial charge in [0.2, 0.25) is 0 Å². The zero-order valence-electron chi connectivity index (χ0n) is 13.3. The highest BCUT2D eigenvalue weighted by molar-refractivity contribution is 5.92. The Hall–Kier alpha value is -3.14. The molecule has 24 heavy (non-hydrogen) atoms. The van der Waals surface area contributed by atoms with Gasteiger partial charge in [0.05, 0.1) is 17.9 Å². The fourth-order valence-electron chi connectivity index (χ4n) is 2.30. The molecule has 0 aliphatic carbocycles. The minimum absolute atomic E-state index is 0.415. The lowest BCUT2D eigenvalue weighted by molar-refractivity contribution is 0.0735. The van der Waals surface area contributed by atoms with Crippen molar-refractivity contribution in [1.82, 2.24) is 4.98 Å². The topological polar surface area (TPSA) is 48.4 Å². The summed E-state index contributed by atoms with van der Waals surface area (Å²) in [4.78, 5) is 16.7. The number of pyridine rings is 1. The molecule has 0 radical (unpaired) electrons. The fourth-order valence-corrected chi connectivity index (χ4v) is 2.30. The van der Waals surface area contributed by atoms with E-state index in [9.17, 15) is 4.79 Å². The van der Waals surface area contributed by atoms with Crippen molar-refractivity contribution >= 4 is 5.97 Å². The summed E-state index contributed by atoms with van der Waals surface area (Å²) in [5, 5.41) is 0. The van der Waals surface area contributed by atoms with Crippen LogP contribution in [0.2, 0.25) is 0 Å². The third-order valence-electron chi connectivity index (χ3n) is 3.43. The minimum atomic E-state index is -0.415. The van der Waals surface area contributed by atoms with Crippen LogP contribution in [0.15, 0.2) is 72.9 Å². The lowest BCUT2D eigenvalue weighted by Gasteiger charge is -2.10. The average Bonchev–Trinajstić information content (AvgIpc) is 2.64. The SMILES string of the molecule is CCOc1ccc(C(=O)Oc2ccccc2-c2ccccn2)cc1. The summed E-state index contributed by atoms with van der Waals surface area (Å²) in [6.45, 7) is 2.50. The van der Waals surface area contributed by atoms with Gasteiger partial charge in [-0.15, -0.1) is 0 Å². The Kier molecular flexibility index (Phi) is 4.87. The first-order valence-corrected chi connectivity index (χ1v) is 7.73. The van der Waals surface area contributed by atoms with Crippen LogP contribution in [-0.2, 0) is 0 Å². The first kappa shape index (κ1) is 15.7. The second-order valence-corrected chi connectivity index (χ2v) is 5.06. The van der Waals surface area contributed by atoms with Crippen molar-refractivity contribution in [3.8, 4) is 22.8 Å². The number of para-hydroxylation sites is 1. The maximum Gasteiger partial charge on any atom is 0.343 e. The van der Waals surface area contributed by atoms with E-state index in [1.165, 1.54) is 0 Å². The first-order chi connectivity index (χ1) is 11.8. The van der Waals surface area contributed by atoms with Gasteiger partial charge in [-0.3, -0.25) is 4.98 Å². The highest BCUT2D eigenvalue weighted by atomic mass is 16.5. The number of nitrogens with zero attached hydrogens (tertiary/aromatic N) is 1. The Bertz CT molecular complexity index is 814. The Morgan fingerprint density at radius 3 is 2.42 bits per heavy atom. The van der Waals surface area contributed by atoms with Crippen LogP contribution < -0.4 is 9.47 Å². The number of esters is 1. The molecule has 1 aromatic heterocycles. The summed E-state index contributed by atoms with van der Waals surface area (Å²) in [6.07, 6.45) is 1.71. The number of ether oxygens (including phenoxy) is 2. The lowest BCUT2D eigenvalue weighted by Crippen LogP contribution is -2.09. The summed E-state index contributed by atoms with van der Waals surface area (Å²) in [5.41, 5.74) is 2.00. The molecule has 4 heteroatoms. The molecule has 0 aliphatic rings. The molecule has 0 aliphatic heterocycles. The molecule has 0 atom stereocenters. The van der Waals surface area contributed by atoms with Crippen LogP contribution in [0.1, 0.15) is 17.3 Å². The van der Waals surface area contributed by atoms with Gasteiger partial charge in [-0.25, -0.2) is 4.79 Å². The molecule has 0 saturated carbocycles. The monoisotopic (exact) mass is 319 g/mol. The number of hydrogen-bond acceptors (Lipinski definition) is 4. The van der Waals surface area contributed by atoms with E-state index in [1.807, 2.05) is 43.3 Å². The third-order valence-corrected chi connectivity index (χ3v) is 3.43. The average molecular weight is 319 g/mol. The molecule has 3 rings (SSSR count). The third kappa shape index (κ3) is 3.60. The fraction of sp³-hybridized carbons (Fsp3) is 0.100. The summed E-state index contributed by atoms with van der Waals surface area (Å²) >= 11 is 0. The van der Waals surface area contributed by atoms with E-state index in [0.29, 0.717) is 17.9 Å². The Morgan fingerprint density at radius 1 is 0.958 bits per heavy atom. The second kappa shape index (κ2) is 7.42. The van der Waals surface area contributed by atoms with Crippen LogP contribution in [0.4, 0.5) is 0 Å². The van der Waals surface area contributed by atoms with Crippen molar-refractivity contribution in [2.75, 3.05) is 6.61 Å². The molecule has 0 N–H and O–H groups in total. The Balaban J connectivity index is 1.82. The number of carbonyl (C=O) groups excluding carboxylic acids is 1. The normalized spacial score (nSPS) is 10.2. The van der Waals surface area contributed by atoms with Crippen molar-refractivity contribution in [3.63, 3.8) is 0 Å². The van der Waals surface area contributed by atoms with Crippen LogP contribution in [0, 0.1) is 0 Å². The van der Waals surface area contributed by atoms with E-state index in [2.05, 4.69) is 4.98 Å². The molecule has 4 nitrogen and oxygen atoms in total. The van der Waals surface area contributed by atoms with Gasteiger partial charge >= 0.3 is 5.97 Å². The van der Waals surface area contributed by atoms with Crippen LogP contribution in [0.25, 0.3) is 11.3 Å². The van der Waals surface area contributed by atoms with Crippen molar-refractivity contribution < 1.29 is 14.3 Å². The van der Waals surface area contributed by atoms with Gasteiger partial charge in [0.25, 0.3) is 0 Å². The molecule has 0 fully saturated rings. The van der Waals surface area contributed by atoms with Crippen LogP contribution in [0.5, 0.6) is 11.5 Å². The van der Waals surface area contributed by atoms with E-state index in [-0.39, 0.29) is 0 Å². The van der Waals surface area contributed by atoms with Gasteiger partial charge in [-0.1, -0.05) is 18.2 Å². The molecular formula is C20H17NO3. The highest BCUT2D eigenvalue weighted by Gasteiger charge is 2.13. The number of hydrogen-bond donors (Lipinski definition) is 0. The Morgan fingerprint density at radius 2 is 1.71 bits per heavy atom. The molecular weight excluding hydrogens is 302 g/mol. The summed E-state index contributed by atoms with van der Waals surface area (Å²) < 4.78 is 10.9. The second-order valence-electron chi connectivity index (χ2n) is 5.06. The molecule has 0 bridgehead atoms. The van der Waals surface area contributed by atoms with Gasteiger partial charge in [-0.05, 0) is 55.5 Å². The smallest absolute Gasteiger partial charge is 0.343 e. The number of benzene rings is 2. The van der Waals surface area contributed by atoms with Crippen molar-refractivity contribution in [2.24, 2.45) is 0 Å². The molecule has 3 aromatic rings. The largest absolute Gasteiger partial charge is 0.494 e. The number of aromatic nitrogens is 1. The minimum Gasteiger partial charge on any atom is -0.494 e. The van der Waals surface area contributed by atoms with Crippen LogP contribution in [0.3, 0.4) is 0 Å². The van der Waals surface area contributed by atoms with E-state index < -0.39 is 5.97 Å². The van der Waals surface area contributed by atoms with E-state index in [0.717, 1.165) is 17.0 Å². The number of carbonyl (C=O) groups is 1. The molecule has 0 unspecified atom stereocenters. The summed E-state index contributed by atoms with van der Waals surface area (Å²) in [6, 6.07) is 19.9. The van der Waals surface area contributed by atoms with Crippen molar-refractivity contribution in [2.45, 2.75) is 6.92 Å². The predicted molar refractivity (Wildman–Crippen MR) is 92.2 cm³/mol. The van der Waals surface area contributed by atoms with E-state index in [4.69, 9.17) is 9.47 Å². The molecule has 0 amide bonds. The van der Waals surface area contributed by atoms with Crippen molar-refractivity contribution in [3.05, 3.63) is 78.5 Å². The molecule has 1 heterocycles. The molecule has 120 valence electrons. The van der Waals surface area contributed by atoms with Crippen LogP contribution >= 0.6 is 0 Å². The maximum atomic E-state index is 12.4. The molecule has 0 spiro atoms. The van der Waals surface area contributed by atoms with Crippen LogP contribution in [-0.4, -0.2) is 17.6 Å². The molecule has 0 saturated heterocycles. The zero-order valence-corrected chi connectivity index (χ0v) is 13.3. The summed E-state index contributed by atoms with van der Waals surface area (Å²) in [5.74, 6) is 0.791. The molecule has 2 aromatic carbocycles. The van der Waals surface area contributed by atoms with Gasteiger partial charge in [0.1, 0.15) is 11.5 Å². The van der Waals surface area contributed by atoms with Gasteiger partial charge < -0.3 is 9.47 Å². The zero-order chi connectivity index (χ0) is 16.8.